The molecule has 0 bridgehead atoms. The van der Waals surface area contributed by atoms with Crippen LogP contribution in [-0.4, -0.2) is 11.6 Å². The number of hydrogen-bond donors (Lipinski definition) is 0. The Hall–Kier alpha value is -0.660. The van der Waals surface area contributed by atoms with Crippen LogP contribution < -0.4 is 0 Å². The molecule has 102 valence electrons. The topological polar surface area (TPSA) is 34.1 Å². The molecule has 2 rings (SSSR count). The van der Waals surface area contributed by atoms with Gasteiger partial charge in [0.2, 0.25) is 11.6 Å². The molecule has 0 aliphatic heterocycles. The first kappa shape index (κ1) is 13.8. The highest BCUT2D eigenvalue weighted by Crippen LogP contribution is 2.33. The molecule has 0 aromatic heterocycles. The number of carbonyl (C=O) groups excluding carboxylic acids is 2. The fourth-order valence-corrected chi connectivity index (χ4v) is 3.45. The summed E-state index contributed by atoms with van der Waals surface area (Å²) in [6.07, 6.45) is 8.22. The standard InChI is InChI=1S/C16H26O2/c1-11-3-7-13(8-4-11)15(17)16(18)14-9-5-12(2)6-10-14/h11-14H,3-10H2,1-2H3. The molecule has 0 spiro atoms. The van der Waals surface area contributed by atoms with Crippen LogP contribution in [0.4, 0.5) is 0 Å². The Morgan fingerprint density at radius 2 is 0.889 bits per heavy atom. The molecule has 2 fully saturated rings. The first-order valence-corrected chi connectivity index (χ1v) is 7.66. The van der Waals surface area contributed by atoms with E-state index in [9.17, 15) is 9.59 Å². The van der Waals surface area contributed by atoms with Crippen molar-refractivity contribution in [1.82, 2.24) is 0 Å². The quantitative estimate of drug-likeness (QED) is 0.714. The fraction of sp³-hybridized carbons (Fsp3) is 0.875. The molecule has 2 aliphatic carbocycles. The summed E-state index contributed by atoms with van der Waals surface area (Å²) in [7, 11) is 0. The Morgan fingerprint density at radius 1 is 0.611 bits per heavy atom. The molecular weight excluding hydrogens is 224 g/mol. The van der Waals surface area contributed by atoms with Gasteiger partial charge >= 0.3 is 0 Å². The van der Waals surface area contributed by atoms with E-state index in [4.69, 9.17) is 0 Å². The second-order valence-electron chi connectivity index (χ2n) is 6.64. The van der Waals surface area contributed by atoms with Crippen molar-refractivity contribution >= 4 is 11.6 Å². The van der Waals surface area contributed by atoms with Gasteiger partial charge in [-0.2, -0.15) is 0 Å². The highest BCUT2D eigenvalue weighted by molar-refractivity contribution is 6.38. The molecule has 0 atom stereocenters. The molecular formula is C16H26O2. The van der Waals surface area contributed by atoms with Crippen molar-refractivity contribution in [3.63, 3.8) is 0 Å². The van der Waals surface area contributed by atoms with Crippen LogP contribution in [0.15, 0.2) is 0 Å². The van der Waals surface area contributed by atoms with Crippen molar-refractivity contribution in [1.29, 1.82) is 0 Å². The monoisotopic (exact) mass is 250 g/mol. The Kier molecular flexibility index (Phi) is 4.58. The number of carbonyl (C=O) groups is 2. The molecule has 18 heavy (non-hydrogen) atoms. The zero-order valence-electron chi connectivity index (χ0n) is 11.8. The lowest BCUT2D eigenvalue weighted by Gasteiger charge is -2.28. The number of ketones is 2. The zero-order chi connectivity index (χ0) is 13.1. The highest BCUT2D eigenvalue weighted by Gasteiger charge is 2.34. The van der Waals surface area contributed by atoms with Crippen molar-refractivity contribution in [3.05, 3.63) is 0 Å². The summed E-state index contributed by atoms with van der Waals surface area (Å²) in [4.78, 5) is 24.5. The van der Waals surface area contributed by atoms with E-state index in [1.807, 2.05) is 0 Å². The summed E-state index contributed by atoms with van der Waals surface area (Å²) in [5.74, 6) is 1.49. The molecule has 0 saturated heterocycles. The van der Waals surface area contributed by atoms with Crippen LogP contribution in [0.5, 0.6) is 0 Å². The van der Waals surface area contributed by atoms with Gasteiger partial charge in [0, 0.05) is 11.8 Å². The van der Waals surface area contributed by atoms with Crippen LogP contribution in [0.3, 0.4) is 0 Å². The minimum Gasteiger partial charge on any atom is -0.291 e. The summed E-state index contributed by atoms with van der Waals surface area (Å²) < 4.78 is 0. The Morgan fingerprint density at radius 3 is 1.17 bits per heavy atom. The maximum Gasteiger partial charge on any atom is 0.201 e. The normalized spacial score (nSPS) is 37.2. The lowest BCUT2D eigenvalue weighted by Crippen LogP contribution is -2.33. The first-order valence-electron chi connectivity index (χ1n) is 7.66. The maximum absolute atomic E-state index is 12.2. The van der Waals surface area contributed by atoms with Gasteiger partial charge in [-0.05, 0) is 37.5 Å². The zero-order valence-corrected chi connectivity index (χ0v) is 11.8. The average molecular weight is 250 g/mol. The molecule has 2 saturated carbocycles. The van der Waals surface area contributed by atoms with Gasteiger partial charge in [0.1, 0.15) is 0 Å². The molecule has 0 heterocycles. The van der Waals surface area contributed by atoms with Gasteiger partial charge in [-0.3, -0.25) is 9.59 Å². The van der Waals surface area contributed by atoms with Crippen molar-refractivity contribution in [2.75, 3.05) is 0 Å². The predicted molar refractivity (Wildman–Crippen MR) is 72.3 cm³/mol. The summed E-state index contributed by atoms with van der Waals surface area (Å²) in [5.41, 5.74) is 0. The largest absolute Gasteiger partial charge is 0.291 e. The van der Waals surface area contributed by atoms with Crippen molar-refractivity contribution in [2.45, 2.75) is 65.2 Å². The number of rotatable bonds is 3. The van der Waals surface area contributed by atoms with Gasteiger partial charge in [0.05, 0.1) is 0 Å². The first-order chi connectivity index (χ1) is 8.58. The minimum atomic E-state index is -0.0403. The predicted octanol–water partition coefficient (Wildman–Crippen LogP) is 3.78. The smallest absolute Gasteiger partial charge is 0.201 e. The molecule has 0 N–H and O–H groups in total. The van der Waals surface area contributed by atoms with E-state index in [2.05, 4.69) is 13.8 Å². The van der Waals surface area contributed by atoms with Crippen LogP contribution in [0.1, 0.15) is 65.2 Å². The van der Waals surface area contributed by atoms with E-state index in [1.54, 1.807) is 0 Å². The SMILES string of the molecule is CC1CCC(C(=O)C(=O)C2CCC(C)CC2)CC1. The summed E-state index contributed by atoms with van der Waals surface area (Å²) in [6.45, 7) is 4.48. The van der Waals surface area contributed by atoms with Crippen molar-refractivity contribution in [2.24, 2.45) is 23.7 Å². The molecule has 2 aliphatic rings. The van der Waals surface area contributed by atoms with Crippen LogP contribution in [0, 0.1) is 23.7 Å². The van der Waals surface area contributed by atoms with Crippen LogP contribution in [0.25, 0.3) is 0 Å². The van der Waals surface area contributed by atoms with Crippen LogP contribution >= 0.6 is 0 Å². The van der Waals surface area contributed by atoms with Gasteiger partial charge in [0.15, 0.2) is 0 Å². The second-order valence-corrected chi connectivity index (χ2v) is 6.64. The molecule has 2 heteroatoms. The minimum absolute atomic E-state index is 0.0403. The molecule has 0 amide bonds. The lowest BCUT2D eigenvalue weighted by molar-refractivity contribution is -0.142. The highest BCUT2D eigenvalue weighted by atomic mass is 16.2. The van der Waals surface area contributed by atoms with Gasteiger partial charge in [0.25, 0.3) is 0 Å². The van der Waals surface area contributed by atoms with E-state index in [0.29, 0.717) is 0 Å². The van der Waals surface area contributed by atoms with Crippen molar-refractivity contribution in [3.8, 4) is 0 Å². The third kappa shape index (κ3) is 3.21. The summed E-state index contributed by atoms with van der Waals surface area (Å²) in [5, 5.41) is 0. The second kappa shape index (κ2) is 5.99. The molecule has 0 aromatic carbocycles. The Bertz CT molecular complexity index is 273. The van der Waals surface area contributed by atoms with Gasteiger partial charge in [-0.25, -0.2) is 0 Å². The molecule has 0 unspecified atom stereocenters. The summed E-state index contributed by atoms with van der Waals surface area (Å²) >= 11 is 0. The van der Waals surface area contributed by atoms with Crippen LogP contribution in [0.2, 0.25) is 0 Å². The van der Waals surface area contributed by atoms with E-state index < -0.39 is 0 Å². The molecule has 0 aromatic rings. The molecule has 0 radical (unpaired) electrons. The van der Waals surface area contributed by atoms with E-state index in [1.165, 1.54) is 0 Å². The van der Waals surface area contributed by atoms with E-state index in [0.717, 1.165) is 63.2 Å². The van der Waals surface area contributed by atoms with Gasteiger partial charge in [-0.15, -0.1) is 0 Å². The van der Waals surface area contributed by atoms with Crippen molar-refractivity contribution < 1.29 is 9.59 Å². The Balaban J connectivity index is 1.86. The lowest BCUT2D eigenvalue weighted by atomic mass is 9.75. The number of Topliss-reactive ketones (excluding diaryl/α,β-unsaturated/α-hetero) is 2. The number of hydrogen-bond acceptors (Lipinski definition) is 2. The third-order valence-electron chi connectivity index (χ3n) is 5.02. The summed E-state index contributed by atoms with van der Waals surface area (Å²) in [6, 6.07) is 0. The van der Waals surface area contributed by atoms with E-state index in [-0.39, 0.29) is 23.4 Å². The fourth-order valence-electron chi connectivity index (χ4n) is 3.45. The molecule has 2 nitrogen and oxygen atoms in total. The van der Waals surface area contributed by atoms with E-state index >= 15 is 0 Å². The maximum atomic E-state index is 12.2. The van der Waals surface area contributed by atoms with Crippen LogP contribution in [-0.2, 0) is 9.59 Å². The van der Waals surface area contributed by atoms with Gasteiger partial charge < -0.3 is 0 Å². The Labute approximate surface area is 111 Å². The average Bonchev–Trinajstić information content (AvgIpc) is 2.39. The third-order valence-corrected chi connectivity index (χ3v) is 5.02. The van der Waals surface area contributed by atoms with Gasteiger partial charge in [-0.1, -0.05) is 39.5 Å².